The van der Waals surface area contributed by atoms with Crippen molar-refractivity contribution in [1.82, 2.24) is 9.88 Å². The summed E-state index contributed by atoms with van der Waals surface area (Å²) < 4.78 is 1.08. The first-order chi connectivity index (χ1) is 12.0. The van der Waals surface area contributed by atoms with Crippen LogP contribution in [0.2, 0.25) is 0 Å². The van der Waals surface area contributed by atoms with Gasteiger partial charge in [-0.1, -0.05) is 24.3 Å². The Morgan fingerprint density at radius 3 is 2.72 bits per heavy atom. The lowest BCUT2D eigenvalue weighted by atomic mass is 10.1. The minimum atomic E-state index is -0.463. The fourth-order valence-corrected chi connectivity index (χ4v) is 3.37. The van der Waals surface area contributed by atoms with Crippen molar-refractivity contribution in [2.24, 2.45) is 0 Å². The van der Waals surface area contributed by atoms with Crippen molar-refractivity contribution >= 4 is 39.2 Å². The molecule has 0 aliphatic rings. The number of nitrogens with zero attached hydrogens (tertiary/aromatic N) is 3. The lowest BCUT2D eigenvalue weighted by Gasteiger charge is -2.12. The maximum absolute atomic E-state index is 12.3. The quantitative estimate of drug-likeness (QED) is 0.396. The normalized spacial score (nSPS) is 11.1. The number of likely N-dealkylation sites (N-methyl/N-ethyl adjacent to an activating group) is 1. The van der Waals surface area contributed by atoms with Crippen molar-refractivity contribution in [3.8, 4) is 0 Å². The fourth-order valence-electron chi connectivity index (χ4n) is 2.35. The minimum Gasteiger partial charge on any atom is -0.335 e. The molecule has 126 valence electrons. The van der Waals surface area contributed by atoms with E-state index in [9.17, 15) is 14.9 Å². The van der Waals surface area contributed by atoms with Gasteiger partial charge in [0.15, 0.2) is 0 Å². The van der Waals surface area contributed by atoms with E-state index in [-0.39, 0.29) is 11.6 Å². The molecule has 0 aliphatic heterocycles. The van der Waals surface area contributed by atoms with Crippen LogP contribution in [0.25, 0.3) is 16.3 Å². The Kier molecular flexibility index (Phi) is 4.85. The average Bonchev–Trinajstić information content (AvgIpc) is 3.01. The highest BCUT2D eigenvalue weighted by atomic mass is 32.1. The van der Waals surface area contributed by atoms with Gasteiger partial charge < -0.3 is 4.90 Å². The number of rotatable bonds is 5. The van der Waals surface area contributed by atoms with Crippen molar-refractivity contribution in [1.29, 1.82) is 0 Å². The highest BCUT2D eigenvalue weighted by Crippen LogP contribution is 2.23. The summed E-state index contributed by atoms with van der Waals surface area (Å²) in [4.78, 5) is 28.8. The average molecular weight is 353 g/mol. The van der Waals surface area contributed by atoms with E-state index in [1.807, 2.05) is 24.3 Å². The summed E-state index contributed by atoms with van der Waals surface area (Å²) in [6.45, 7) is 0.388. The van der Waals surface area contributed by atoms with Crippen molar-refractivity contribution in [3.05, 3.63) is 75.3 Å². The number of carbonyl (C=O) groups excluding carboxylic acids is 1. The van der Waals surface area contributed by atoms with Gasteiger partial charge in [0.2, 0.25) is 5.91 Å². The molecule has 6 nitrogen and oxygen atoms in total. The van der Waals surface area contributed by atoms with Crippen LogP contribution in [0.5, 0.6) is 0 Å². The molecule has 0 fully saturated rings. The van der Waals surface area contributed by atoms with Crippen molar-refractivity contribution in [2.75, 3.05) is 7.05 Å². The van der Waals surface area contributed by atoms with Crippen LogP contribution in [-0.2, 0) is 11.3 Å². The van der Waals surface area contributed by atoms with E-state index in [0.717, 1.165) is 15.2 Å². The zero-order chi connectivity index (χ0) is 17.8. The van der Waals surface area contributed by atoms with Crippen LogP contribution in [0.3, 0.4) is 0 Å². The molecule has 1 aromatic heterocycles. The molecule has 0 N–H and O–H groups in total. The molecule has 0 radical (unpaired) electrons. The standard InChI is InChI=1S/C18H15N3O3S/c1-20(12-17-19-14-7-3-5-9-16(14)25-17)18(22)11-10-13-6-2-4-8-15(13)21(23)24/h2-11H,12H2,1H3. The van der Waals surface area contributed by atoms with Crippen LogP contribution in [0, 0.1) is 10.1 Å². The van der Waals surface area contributed by atoms with E-state index in [0.29, 0.717) is 12.1 Å². The van der Waals surface area contributed by atoms with E-state index in [1.165, 1.54) is 23.1 Å². The summed E-state index contributed by atoms with van der Waals surface area (Å²) in [5.41, 5.74) is 1.29. The molecule has 0 spiro atoms. The Morgan fingerprint density at radius 1 is 1.24 bits per heavy atom. The van der Waals surface area contributed by atoms with E-state index >= 15 is 0 Å². The highest BCUT2D eigenvalue weighted by molar-refractivity contribution is 7.18. The Bertz CT molecular complexity index is 932. The van der Waals surface area contributed by atoms with Crippen LogP contribution in [0.15, 0.2) is 54.6 Å². The van der Waals surface area contributed by atoms with Crippen LogP contribution in [0.4, 0.5) is 5.69 Å². The molecule has 0 unspecified atom stereocenters. The number of carbonyl (C=O) groups is 1. The molecule has 0 saturated heterocycles. The largest absolute Gasteiger partial charge is 0.335 e. The number of hydrogen-bond acceptors (Lipinski definition) is 5. The van der Waals surface area contributed by atoms with Gasteiger partial charge in [-0.05, 0) is 24.3 Å². The lowest BCUT2D eigenvalue weighted by Crippen LogP contribution is -2.23. The van der Waals surface area contributed by atoms with Gasteiger partial charge in [0.1, 0.15) is 5.01 Å². The number of hydrogen-bond donors (Lipinski definition) is 0. The van der Waals surface area contributed by atoms with Gasteiger partial charge in [-0.3, -0.25) is 14.9 Å². The number of para-hydroxylation sites is 2. The Hall–Kier alpha value is -3.06. The van der Waals surface area contributed by atoms with Crippen LogP contribution in [0.1, 0.15) is 10.6 Å². The predicted molar refractivity (Wildman–Crippen MR) is 98.2 cm³/mol. The number of nitro groups is 1. The SMILES string of the molecule is CN(Cc1nc2ccccc2s1)C(=O)C=Cc1ccccc1[N+](=O)[O-]. The molecule has 1 amide bonds. The van der Waals surface area contributed by atoms with Crippen molar-refractivity contribution in [2.45, 2.75) is 6.54 Å². The zero-order valence-electron chi connectivity index (χ0n) is 13.5. The first-order valence-corrected chi connectivity index (χ1v) is 8.37. The zero-order valence-corrected chi connectivity index (χ0v) is 14.3. The maximum Gasteiger partial charge on any atom is 0.276 e. The van der Waals surface area contributed by atoms with Gasteiger partial charge in [-0.25, -0.2) is 4.98 Å². The van der Waals surface area contributed by atoms with Crippen molar-refractivity contribution < 1.29 is 9.72 Å². The number of nitro benzene ring substituents is 1. The molecule has 3 aromatic rings. The number of aromatic nitrogens is 1. The van der Waals surface area contributed by atoms with E-state index < -0.39 is 4.92 Å². The topological polar surface area (TPSA) is 76.3 Å². The number of thiazole rings is 1. The number of benzene rings is 2. The second kappa shape index (κ2) is 7.23. The Labute approximate surface area is 148 Å². The lowest BCUT2D eigenvalue weighted by molar-refractivity contribution is -0.385. The fraction of sp³-hybridized carbons (Fsp3) is 0.111. The van der Waals surface area contributed by atoms with Crippen LogP contribution in [-0.4, -0.2) is 27.8 Å². The third-order valence-electron chi connectivity index (χ3n) is 3.63. The maximum atomic E-state index is 12.3. The van der Waals surface area contributed by atoms with Gasteiger partial charge >= 0.3 is 0 Å². The molecule has 25 heavy (non-hydrogen) atoms. The Balaban J connectivity index is 1.71. The van der Waals surface area contributed by atoms with Crippen LogP contribution < -0.4 is 0 Å². The molecule has 0 saturated carbocycles. The number of fused-ring (bicyclic) bond motifs is 1. The first kappa shape index (κ1) is 16.8. The molecule has 2 aromatic carbocycles. The predicted octanol–water partition coefficient (Wildman–Crippen LogP) is 3.88. The summed E-state index contributed by atoms with van der Waals surface area (Å²) >= 11 is 1.55. The van der Waals surface area contributed by atoms with Gasteiger partial charge in [0.05, 0.1) is 27.2 Å². The molecule has 3 rings (SSSR count). The summed E-state index contributed by atoms with van der Waals surface area (Å²) in [6, 6.07) is 14.1. The minimum absolute atomic E-state index is 0.0274. The Morgan fingerprint density at radius 2 is 1.96 bits per heavy atom. The highest BCUT2D eigenvalue weighted by Gasteiger charge is 2.12. The molecule has 0 aliphatic carbocycles. The molecule has 0 atom stereocenters. The summed E-state index contributed by atoms with van der Waals surface area (Å²) in [6.07, 6.45) is 2.81. The molecular formula is C18H15N3O3S. The molecular weight excluding hydrogens is 338 g/mol. The molecule has 0 bridgehead atoms. The number of amides is 1. The smallest absolute Gasteiger partial charge is 0.276 e. The van der Waals surface area contributed by atoms with E-state index in [4.69, 9.17) is 0 Å². The molecule has 1 heterocycles. The summed E-state index contributed by atoms with van der Waals surface area (Å²) in [7, 11) is 1.68. The second-order valence-corrected chi connectivity index (χ2v) is 6.53. The van der Waals surface area contributed by atoms with Gasteiger partial charge in [-0.2, -0.15) is 0 Å². The summed E-state index contributed by atoms with van der Waals surface area (Å²) in [5.74, 6) is -0.239. The third-order valence-corrected chi connectivity index (χ3v) is 4.65. The van der Waals surface area contributed by atoms with Crippen molar-refractivity contribution in [3.63, 3.8) is 0 Å². The third kappa shape index (κ3) is 3.89. The second-order valence-electron chi connectivity index (χ2n) is 5.42. The van der Waals surface area contributed by atoms with Gasteiger partial charge in [-0.15, -0.1) is 11.3 Å². The summed E-state index contributed by atoms with van der Waals surface area (Å²) in [5, 5.41) is 11.8. The van der Waals surface area contributed by atoms with E-state index in [1.54, 1.807) is 36.6 Å². The first-order valence-electron chi connectivity index (χ1n) is 7.55. The van der Waals surface area contributed by atoms with Crippen LogP contribution >= 0.6 is 11.3 Å². The monoisotopic (exact) mass is 353 g/mol. The van der Waals surface area contributed by atoms with Gasteiger partial charge in [0.25, 0.3) is 5.69 Å². The molecule has 7 heteroatoms. The van der Waals surface area contributed by atoms with Gasteiger partial charge in [0, 0.05) is 19.2 Å². The van der Waals surface area contributed by atoms with E-state index in [2.05, 4.69) is 4.98 Å².